The second kappa shape index (κ2) is 3.76. The van der Waals surface area contributed by atoms with Crippen LogP contribution in [0.5, 0.6) is 0 Å². The average molecular weight is 237 g/mol. The quantitative estimate of drug-likeness (QED) is 0.829. The Balaban J connectivity index is 3.08. The highest BCUT2D eigenvalue weighted by Crippen LogP contribution is 2.27. The molecule has 3 nitrogen and oxygen atoms in total. The van der Waals surface area contributed by atoms with Crippen molar-refractivity contribution in [2.75, 3.05) is 0 Å². The Hall–Kier alpha value is -2.04. The number of carboxylic acid groups (broad SMARTS) is 1. The number of hydrogen-bond donors (Lipinski definition) is 1. The zero-order chi connectivity index (χ0) is 12.7. The maximum absolute atomic E-state index is 13.6. The van der Waals surface area contributed by atoms with E-state index in [1.165, 1.54) is 6.92 Å². The van der Waals surface area contributed by atoms with Crippen molar-refractivity contribution in [1.29, 1.82) is 0 Å². The number of rotatable bonds is 1. The second-order valence-corrected chi connectivity index (χ2v) is 3.76. The molecule has 0 saturated heterocycles. The number of benzene rings is 1. The molecular weight excluding hydrogens is 228 g/mol. The third-order valence-corrected chi connectivity index (χ3v) is 2.74. The van der Waals surface area contributed by atoms with Crippen LogP contribution in [0.4, 0.5) is 8.78 Å². The van der Waals surface area contributed by atoms with E-state index >= 15 is 0 Å². The van der Waals surface area contributed by atoms with Gasteiger partial charge in [0.15, 0.2) is 0 Å². The first-order chi connectivity index (χ1) is 7.93. The Morgan fingerprint density at radius 3 is 2.41 bits per heavy atom. The fraction of sp³-hybridized carbons (Fsp3) is 0.167. The molecule has 0 aliphatic heterocycles. The number of carbonyl (C=O) groups is 1. The summed E-state index contributed by atoms with van der Waals surface area (Å²) < 4.78 is 27.1. The van der Waals surface area contributed by atoms with Gasteiger partial charge in [0, 0.05) is 5.69 Å². The summed E-state index contributed by atoms with van der Waals surface area (Å²) in [5.41, 5.74) is 0.240. The summed E-state index contributed by atoms with van der Waals surface area (Å²) >= 11 is 0. The molecular formula is C12H9F2NO2. The molecule has 2 aromatic rings. The predicted octanol–water partition coefficient (Wildman–Crippen LogP) is 2.83. The maximum atomic E-state index is 13.6. The molecule has 0 amide bonds. The summed E-state index contributed by atoms with van der Waals surface area (Å²) in [7, 11) is 0. The molecule has 0 fully saturated rings. The van der Waals surface area contributed by atoms with Crippen molar-refractivity contribution >= 4 is 16.9 Å². The van der Waals surface area contributed by atoms with Crippen LogP contribution in [-0.2, 0) is 0 Å². The Morgan fingerprint density at radius 2 is 1.82 bits per heavy atom. The fourth-order valence-corrected chi connectivity index (χ4v) is 1.78. The van der Waals surface area contributed by atoms with Crippen molar-refractivity contribution in [3.63, 3.8) is 0 Å². The highest BCUT2D eigenvalue weighted by atomic mass is 19.1. The number of aryl methyl sites for hydroxylation is 1. The number of nitrogens with zero attached hydrogens (tertiary/aromatic N) is 1. The molecule has 0 bridgehead atoms. The van der Waals surface area contributed by atoms with Crippen LogP contribution in [-0.4, -0.2) is 16.1 Å². The van der Waals surface area contributed by atoms with Crippen molar-refractivity contribution in [3.8, 4) is 0 Å². The number of carboxylic acids is 1. The molecule has 1 aromatic carbocycles. The maximum Gasteiger partial charge on any atom is 0.336 e. The first-order valence-electron chi connectivity index (χ1n) is 4.91. The van der Waals surface area contributed by atoms with Gasteiger partial charge in [-0.3, -0.25) is 0 Å². The van der Waals surface area contributed by atoms with Gasteiger partial charge in [0.05, 0.1) is 10.9 Å². The Labute approximate surface area is 95.7 Å². The molecule has 1 N–H and O–H groups in total. The zero-order valence-electron chi connectivity index (χ0n) is 9.21. The lowest BCUT2D eigenvalue weighted by atomic mass is 10.0. The predicted molar refractivity (Wildman–Crippen MR) is 58.1 cm³/mol. The molecule has 2 rings (SSSR count). The second-order valence-electron chi connectivity index (χ2n) is 3.76. The van der Waals surface area contributed by atoms with E-state index in [2.05, 4.69) is 4.98 Å². The summed E-state index contributed by atoms with van der Waals surface area (Å²) in [5.74, 6) is -2.80. The SMILES string of the molecule is Cc1nc2c(F)ccc(F)c2c(C(=O)O)c1C. The minimum atomic E-state index is -1.29. The van der Waals surface area contributed by atoms with Gasteiger partial charge in [-0.05, 0) is 31.5 Å². The van der Waals surface area contributed by atoms with Gasteiger partial charge in [-0.15, -0.1) is 0 Å². The number of aromatic nitrogens is 1. The summed E-state index contributed by atoms with van der Waals surface area (Å²) in [6.07, 6.45) is 0. The van der Waals surface area contributed by atoms with Crippen LogP contribution in [0.2, 0.25) is 0 Å². The number of pyridine rings is 1. The van der Waals surface area contributed by atoms with E-state index in [-0.39, 0.29) is 16.5 Å². The normalized spacial score (nSPS) is 10.8. The van der Waals surface area contributed by atoms with Gasteiger partial charge in [0.2, 0.25) is 0 Å². The topological polar surface area (TPSA) is 50.2 Å². The van der Waals surface area contributed by atoms with E-state index in [1.807, 2.05) is 0 Å². The molecule has 5 heteroatoms. The van der Waals surface area contributed by atoms with E-state index in [1.54, 1.807) is 6.92 Å². The molecule has 0 spiro atoms. The first kappa shape index (κ1) is 11.4. The highest BCUT2D eigenvalue weighted by molar-refractivity contribution is 6.04. The molecule has 0 aliphatic carbocycles. The van der Waals surface area contributed by atoms with Crippen molar-refractivity contribution in [2.45, 2.75) is 13.8 Å². The number of aromatic carboxylic acids is 1. The van der Waals surface area contributed by atoms with Crippen molar-refractivity contribution in [3.05, 3.63) is 40.6 Å². The molecule has 0 radical (unpaired) electrons. The molecule has 0 saturated carbocycles. The third kappa shape index (κ3) is 1.63. The Kier molecular flexibility index (Phi) is 2.53. The van der Waals surface area contributed by atoms with E-state index in [4.69, 9.17) is 5.11 Å². The minimum Gasteiger partial charge on any atom is -0.478 e. The first-order valence-corrected chi connectivity index (χ1v) is 4.91. The lowest BCUT2D eigenvalue weighted by Gasteiger charge is -2.10. The van der Waals surface area contributed by atoms with E-state index in [0.29, 0.717) is 11.3 Å². The summed E-state index contributed by atoms with van der Waals surface area (Å²) in [5, 5.41) is 8.81. The lowest BCUT2D eigenvalue weighted by molar-refractivity contribution is 0.0697. The van der Waals surface area contributed by atoms with Crippen LogP contribution < -0.4 is 0 Å². The van der Waals surface area contributed by atoms with Crippen LogP contribution in [0, 0.1) is 25.5 Å². The van der Waals surface area contributed by atoms with Gasteiger partial charge in [-0.1, -0.05) is 0 Å². The van der Waals surface area contributed by atoms with Gasteiger partial charge in [0.25, 0.3) is 0 Å². The molecule has 0 atom stereocenters. The van der Waals surface area contributed by atoms with E-state index < -0.39 is 17.6 Å². The van der Waals surface area contributed by atoms with Crippen molar-refractivity contribution in [2.24, 2.45) is 0 Å². The smallest absolute Gasteiger partial charge is 0.336 e. The number of hydrogen-bond acceptors (Lipinski definition) is 2. The largest absolute Gasteiger partial charge is 0.478 e. The Bertz CT molecular complexity index is 638. The third-order valence-electron chi connectivity index (χ3n) is 2.74. The van der Waals surface area contributed by atoms with Gasteiger partial charge in [-0.25, -0.2) is 18.6 Å². The summed E-state index contributed by atoms with van der Waals surface area (Å²) in [6.45, 7) is 3.08. The Morgan fingerprint density at radius 1 is 1.24 bits per heavy atom. The van der Waals surface area contributed by atoms with Crippen LogP contribution in [0.25, 0.3) is 10.9 Å². The van der Waals surface area contributed by atoms with Gasteiger partial charge >= 0.3 is 5.97 Å². The van der Waals surface area contributed by atoms with Crippen LogP contribution >= 0.6 is 0 Å². The standard InChI is InChI=1S/C12H9F2NO2/c1-5-6(2)15-11-8(14)4-3-7(13)10(11)9(5)12(16)17/h3-4H,1-2H3,(H,16,17). The zero-order valence-corrected chi connectivity index (χ0v) is 9.21. The monoisotopic (exact) mass is 237 g/mol. The van der Waals surface area contributed by atoms with E-state index in [9.17, 15) is 13.6 Å². The van der Waals surface area contributed by atoms with Crippen molar-refractivity contribution in [1.82, 2.24) is 4.98 Å². The highest BCUT2D eigenvalue weighted by Gasteiger charge is 2.20. The molecule has 1 aromatic heterocycles. The van der Waals surface area contributed by atoms with Crippen LogP contribution in [0.15, 0.2) is 12.1 Å². The molecule has 17 heavy (non-hydrogen) atoms. The molecule has 0 unspecified atom stereocenters. The van der Waals surface area contributed by atoms with Crippen LogP contribution in [0.3, 0.4) is 0 Å². The lowest BCUT2D eigenvalue weighted by Crippen LogP contribution is -2.07. The van der Waals surface area contributed by atoms with Crippen molar-refractivity contribution < 1.29 is 18.7 Å². The molecule has 1 heterocycles. The minimum absolute atomic E-state index is 0.232. The average Bonchev–Trinajstić information content (AvgIpc) is 2.26. The van der Waals surface area contributed by atoms with Gasteiger partial charge < -0.3 is 5.11 Å². The number of halogens is 2. The van der Waals surface area contributed by atoms with Crippen LogP contribution in [0.1, 0.15) is 21.6 Å². The molecule has 0 aliphatic rings. The summed E-state index contributed by atoms with van der Waals surface area (Å²) in [4.78, 5) is 15.0. The number of fused-ring (bicyclic) bond motifs is 1. The van der Waals surface area contributed by atoms with E-state index in [0.717, 1.165) is 12.1 Å². The van der Waals surface area contributed by atoms with Gasteiger partial charge in [-0.2, -0.15) is 0 Å². The molecule has 88 valence electrons. The van der Waals surface area contributed by atoms with Gasteiger partial charge in [0.1, 0.15) is 17.2 Å². The summed E-state index contributed by atoms with van der Waals surface area (Å²) in [6, 6.07) is 1.84. The fourth-order valence-electron chi connectivity index (χ4n) is 1.78.